The van der Waals surface area contributed by atoms with E-state index in [4.69, 9.17) is 0 Å². The molecule has 0 bridgehead atoms. The lowest BCUT2D eigenvalue weighted by Crippen LogP contribution is -2.47. The maximum absolute atomic E-state index is 13.6. The van der Waals surface area contributed by atoms with Crippen LogP contribution >= 0.6 is 0 Å². The van der Waals surface area contributed by atoms with Gasteiger partial charge in [0, 0.05) is 37.1 Å². The van der Waals surface area contributed by atoms with Crippen LogP contribution in [-0.2, 0) is 13.0 Å². The van der Waals surface area contributed by atoms with Crippen molar-refractivity contribution in [2.24, 2.45) is 5.92 Å². The van der Waals surface area contributed by atoms with Gasteiger partial charge < -0.3 is 10.3 Å². The molecule has 1 saturated heterocycles. The highest BCUT2D eigenvalue weighted by Crippen LogP contribution is 2.26. The minimum absolute atomic E-state index is 0.198. The van der Waals surface area contributed by atoms with E-state index in [1.165, 1.54) is 11.6 Å². The monoisotopic (exact) mass is 378 g/mol. The molecule has 1 aromatic heterocycles. The normalized spacial score (nSPS) is 20.2. The molecule has 1 aliphatic rings. The molecule has 2 atom stereocenters. The quantitative estimate of drug-likeness (QED) is 0.668. The summed E-state index contributed by atoms with van der Waals surface area (Å²) in [6.45, 7) is 4.94. The van der Waals surface area contributed by atoms with Crippen molar-refractivity contribution in [3.8, 4) is 0 Å². The van der Waals surface area contributed by atoms with Gasteiger partial charge in [-0.05, 0) is 49.4 Å². The van der Waals surface area contributed by atoms with E-state index in [0.29, 0.717) is 12.0 Å². The summed E-state index contributed by atoms with van der Waals surface area (Å²) in [5.74, 6) is 0.245. The molecule has 0 amide bonds. The first-order chi connectivity index (χ1) is 13.7. The van der Waals surface area contributed by atoms with Crippen molar-refractivity contribution in [2.45, 2.75) is 32.4 Å². The Labute approximate surface area is 165 Å². The van der Waals surface area contributed by atoms with Gasteiger partial charge in [-0.1, -0.05) is 36.4 Å². The zero-order valence-corrected chi connectivity index (χ0v) is 16.2. The molecule has 0 radical (unpaired) electrons. The van der Waals surface area contributed by atoms with Crippen LogP contribution in [0.15, 0.2) is 60.9 Å². The molecule has 2 aromatic carbocycles. The van der Waals surface area contributed by atoms with Crippen molar-refractivity contribution in [3.05, 3.63) is 83.7 Å². The number of likely N-dealkylation sites (tertiary alicyclic amines) is 1. The Morgan fingerprint density at radius 2 is 2.04 bits per heavy atom. The van der Waals surface area contributed by atoms with Crippen molar-refractivity contribution < 1.29 is 4.39 Å². The molecule has 4 nitrogen and oxygen atoms in total. The summed E-state index contributed by atoms with van der Waals surface area (Å²) < 4.78 is 13.6. The maximum atomic E-state index is 13.6. The van der Waals surface area contributed by atoms with Gasteiger partial charge in [0.15, 0.2) is 0 Å². The third-order valence-electron chi connectivity index (χ3n) is 5.64. The molecule has 0 unspecified atom stereocenters. The van der Waals surface area contributed by atoms with Crippen molar-refractivity contribution in [2.75, 3.05) is 18.4 Å². The van der Waals surface area contributed by atoms with Gasteiger partial charge >= 0.3 is 0 Å². The SMILES string of the molecule is Cc1[nH]cnc1CN1CC[C@@H](Nc2cccc(F)c2)[C@@H](Cc2ccccc2)C1. The summed E-state index contributed by atoms with van der Waals surface area (Å²) in [6.07, 6.45) is 3.80. The Morgan fingerprint density at radius 3 is 2.79 bits per heavy atom. The van der Waals surface area contributed by atoms with Gasteiger partial charge in [0.1, 0.15) is 5.82 Å². The minimum atomic E-state index is -0.198. The predicted octanol–water partition coefficient (Wildman–Crippen LogP) is 4.40. The number of H-pyrrole nitrogens is 1. The Hall–Kier alpha value is -2.66. The molecule has 0 saturated carbocycles. The molecule has 5 heteroatoms. The van der Waals surface area contributed by atoms with Crippen LogP contribution < -0.4 is 5.32 Å². The number of aromatic amines is 1. The van der Waals surface area contributed by atoms with E-state index in [1.807, 2.05) is 6.07 Å². The van der Waals surface area contributed by atoms with Crippen LogP contribution in [0, 0.1) is 18.7 Å². The van der Waals surface area contributed by atoms with Crippen LogP contribution in [0.3, 0.4) is 0 Å². The lowest BCUT2D eigenvalue weighted by molar-refractivity contribution is 0.153. The number of aryl methyl sites for hydroxylation is 1. The number of hydrogen-bond donors (Lipinski definition) is 2. The molecule has 1 aliphatic heterocycles. The van der Waals surface area contributed by atoms with Crippen molar-refractivity contribution in [1.82, 2.24) is 14.9 Å². The Morgan fingerprint density at radius 1 is 1.18 bits per heavy atom. The number of nitrogens with one attached hydrogen (secondary N) is 2. The fourth-order valence-corrected chi connectivity index (χ4v) is 4.12. The van der Waals surface area contributed by atoms with Gasteiger partial charge in [-0.3, -0.25) is 4.90 Å². The van der Waals surface area contributed by atoms with E-state index in [-0.39, 0.29) is 5.82 Å². The number of aromatic nitrogens is 2. The largest absolute Gasteiger partial charge is 0.382 e. The fourth-order valence-electron chi connectivity index (χ4n) is 4.12. The van der Waals surface area contributed by atoms with E-state index in [2.05, 4.69) is 57.4 Å². The fraction of sp³-hybridized carbons (Fsp3) is 0.348. The first kappa shape index (κ1) is 18.7. The number of rotatable bonds is 6. The third-order valence-corrected chi connectivity index (χ3v) is 5.64. The lowest BCUT2D eigenvalue weighted by Gasteiger charge is -2.39. The van der Waals surface area contributed by atoms with Crippen LogP contribution in [0.2, 0.25) is 0 Å². The van der Waals surface area contributed by atoms with E-state index in [1.54, 1.807) is 18.5 Å². The zero-order valence-electron chi connectivity index (χ0n) is 16.2. The Bertz CT molecular complexity index is 892. The van der Waals surface area contributed by atoms with Gasteiger partial charge in [-0.2, -0.15) is 0 Å². The smallest absolute Gasteiger partial charge is 0.125 e. The van der Waals surface area contributed by atoms with Crippen molar-refractivity contribution in [3.63, 3.8) is 0 Å². The second-order valence-electron chi connectivity index (χ2n) is 7.71. The van der Waals surface area contributed by atoms with Gasteiger partial charge in [-0.25, -0.2) is 9.37 Å². The van der Waals surface area contributed by atoms with E-state index >= 15 is 0 Å². The van der Waals surface area contributed by atoms with E-state index in [0.717, 1.165) is 49.6 Å². The highest BCUT2D eigenvalue weighted by Gasteiger charge is 2.30. The topological polar surface area (TPSA) is 44.0 Å². The van der Waals surface area contributed by atoms with E-state index in [9.17, 15) is 4.39 Å². The molecule has 3 aromatic rings. The average molecular weight is 378 g/mol. The van der Waals surface area contributed by atoms with Crippen LogP contribution in [0.25, 0.3) is 0 Å². The minimum Gasteiger partial charge on any atom is -0.382 e. The van der Waals surface area contributed by atoms with Crippen molar-refractivity contribution in [1.29, 1.82) is 0 Å². The summed E-state index contributed by atoms with van der Waals surface area (Å²) in [6, 6.07) is 17.7. The number of imidazole rings is 1. The predicted molar refractivity (Wildman–Crippen MR) is 111 cm³/mol. The zero-order chi connectivity index (χ0) is 19.3. The molecule has 0 aliphatic carbocycles. The standard InChI is InChI=1S/C23H27FN4/c1-17-23(26-16-25-17)15-28-11-10-22(27-21-9-5-8-20(24)13-21)19(14-28)12-18-6-3-2-4-7-18/h2-9,13,16,19,22,27H,10-12,14-15H2,1H3,(H,25,26)/t19-,22+/m0/s1. The molecule has 2 N–H and O–H groups in total. The first-order valence-electron chi connectivity index (χ1n) is 9.94. The summed E-state index contributed by atoms with van der Waals surface area (Å²) in [5.41, 5.74) is 4.46. The van der Waals surface area contributed by atoms with Crippen LogP contribution in [0.5, 0.6) is 0 Å². The molecule has 146 valence electrons. The Kier molecular flexibility index (Phi) is 5.72. The first-order valence-corrected chi connectivity index (χ1v) is 9.94. The second-order valence-corrected chi connectivity index (χ2v) is 7.71. The summed E-state index contributed by atoms with van der Waals surface area (Å²) in [4.78, 5) is 10.1. The summed E-state index contributed by atoms with van der Waals surface area (Å²) in [5, 5.41) is 3.59. The number of hydrogen-bond acceptors (Lipinski definition) is 3. The molecule has 4 rings (SSSR count). The van der Waals surface area contributed by atoms with Crippen LogP contribution in [0.4, 0.5) is 10.1 Å². The number of piperidine rings is 1. The Balaban J connectivity index is 1.49. The van der Waals surface area contributed by atoms with E-state index < -0.39 is 0 Å². The molecular weight excluding hydrogens is 351 g/mol. The molecule has 0 spiro atoms. The highest BCUT2D eigenvalue weighted by atomic mass is 19.1. The van der Waals surface area contributed by atoms with Crippen molar-refractivity contribution >= 4 is 5.69 Å². The van der Waals surface area contributed by atoms with Gasteiger partial charge in [0.05, 0.1) is 12.0 Å². The van der Waals surface area contributed by atoms with Gasteiger partial charge in [-0.15, -0.1) is 0 Å². The maximum Gasteiger partial charge on any atom is 0.125 e. The van der Waals surface area contributed by atoms with Crippen LogP contribution in [0.1, 0.15) is 23.4 Å². The number of anilines is 1. The number of nitrogens with zero attached hydrogens (tertiary/aromatic N) is 2. The highest BCUT2D eigenvalue weighted by molar-refractivity contribution is 5.44. The molecule has 2 heterocycles. The third kappa shape index (κ3) is 4.60. The molecule has 28 heavy (non-hydrogen) atoms. The van der Waals surface area contributed by atoms with Gasteiger partial charge in [0.25, 0.3) is 0 Å². The molecule has 1 fully saturated rings. The molecular formula is C23H27FN4. The van der Waals surface area contributed by atoms with Gasteiger partial charge in [0.2, 0.25) is 0 Å². The second kappa shape index (κ2) is 8.57. The van der Waals surface area contributed by atoms with Crippen LogP contribution in [-0.4, -0.2) is 34.0 Å². The lowest BCUT2D eigenvalue weighted by atomic mass is 9.86. The number of benzene rings is 2. The average Bonchev–Trinajstić information content (AvgIpc) is 3.09. The summed E-state index contributed by atoms with van der Waals surface area (Å²) >= 11 is 0. The summed E-state index contributed by atoms with van der Waals surface area (Å²) in [7, 11) is 0. The number of halogens is 1.